The molecule has 0 aliphatic carbocycles. The van der Waals surface area contributed by atoms with E-state index in [1.807, 2.05) is 13.0 Å². The molecule has 100 valence electrons. The van der Waals surface area contributed by atoms with Crippen molar-refractivity contribution in [3.8, 4) is 0 Å². The van der Waals surface area contributed by atoms with Gasteiger partial charge in [0, 0.05) is 37.4 Å². The Morgan fingerprint density at radius 2 is 2.26 bits per heavy atom. The fraction of sp³-hybridized carbons (Fsp3) is 0.250. The minimum atomic E-state index is -0.393. The van der Waals surface area contributed by atoms with Gasteiger partial charge < -0.3 is 20.6 Å². The van der Waals surface area contributed by atoms with Crippen LogP contribution >= 0.6 is 0 Å². The molecule has 7 heteroatoms. The van der Waals surface area contributed by atoms with Crippen LogP contribution in [0.5, 0.6) is 0 Å². The molecule has 0 radical (unpaired) electrons. The number of hydrogen-bond donors (Lipinski definition) is 4. The van der Waals surface area contributed by atoms with Crippen LogP contribution in [0.25, 0.3) is 0 Å². The van der Waals surface area contributed by atoms with E-state index >= 15 is 0 Å². The first-order chi connectivity index (χ1) is 9.16. The number of carbonyl (C=O) groups excluding carboxylic acids is 1. The van der Waals surface area contributed by atoms with E-state index in [1.54, 1.807) is 12.4 Å². The van der Waals surface area contributed by atoms with Gasteiger partial charge in [-0.2, -0.15) is 0 Å². The van der Waals surface area contributed by atoms with Gasteiger partial charge in [0.15, 0.2) is 0 Å². The predicted octanol–water partition coefficient (Wildman–Crippen LogP) is 0.248. The summed E-state index contributed by atoms with van der Waals surface area (Å²) in [4.78, 5) is 31.2. The quantitative estimate of drug-likeness (QED) is 0.579. The van der Waals surface area contributed by atoms with Crippen molar-refractivity contribution in [3.63, 3.8) is 0 Å². The van der Waals surface area contributed by atoms with Gasteiger partial charge in [0.25, 0.3) is 5.91 Å². The SMILES string of the molecule is Cc1cnccc1NCCNC(=O)c1c[nH]c(=O)[nH]1. The molecule has 1 amide bonds. The zero-order chi connectivity index (χ0) is 13.7. The van der Waals surface area contributed by atoms with Crippen molar-refractivity contribution in [2.75, 3.05) is 18.4 Å². The summed E-state index contributed by atoms with van der Waals surface area (Å²) in [6.45, 7) is 3.00. The van der Waals surface area contributed by atoms with Crippen LogP contribution in [0.3, 0.4) is 0 Å². The minimum Gasteiger partial charge on any atom is -0.383 e. The van der Waals surface area contributed by atoms with E-state index in [0.717, 1.165) is 11.3 Å². The Kier molecular flexibility index (Phi) is 3.97. The third-order valence-corrected chi connectivity index (χ3v) is 2.59. The van der Waals surface area contributed by atoms with E-state index < -0.39 is 5.69 Å². The van der Waals surface area contributed by atoms with Crippen molar-refractivity contribution in [1.82, 2.24) is 20.3 Å². The number of hydrogen-bond acceptors (Lipinski definition) is 4. The van der Waals surface area contributed by atoms with E-state index in [2.05, 4.69) is 25.6 Å². The Morgan fingerprint density at radius 1 is 1.42 bits per heavy atom. The summed E-state index contributed by atoms with van der Waals surface area (Å²) in [6, 6.07) is 1.88. The molecule has 0 spiro atoms. The molecule has 2 heterocycles. The van der Waals surface area contributed by atoms with Gasteiger partial charge in [-0.15, -0.1) is 0 Å². The highest BCUT2D eigenvalue weighted by molar-refractivity contribution is 5.91. The monoisotopic (exact) mass is 261 g/mol. The Labute approximate surface area is 109 Å². The maximum atomic E-state index is 11.6. The molecule has 2 rings (SSSR count). The van der Waals surface area contributed by atoms with Crippen LogP contribution in [0.15, 0.2) is 29.5 Å². The van der Waals surface area contributed by atoms with Crippen LogP contribution in [0.2, 0.25) is 0 Å². The molecule has 19 heavy (non-hydrogen) atoms. The lowest BCUT2D eigenvalue weighted by molar-refractivity contribution is 0.0950. The van der Waals surface area contributed by atoms with E-state index in [4.69, 9.17) is 0 Å². The number of nitrogens with one attached hydrogen (secondary N) is 4. The van der Waals surface area contributed by atoms with E-state index in [9.17, 15) is 9.59 Å². The normalized spacial score (nSPS) is 10.2. The van der Waals surface area contributed by atoms with Crippen LogP contribution < -0.4 is 16.3 Å². The maximum absolute atomic E-state index is 11.6. The minimum absolute atomic E-state index is 0.227. The Hall–Kier alpha value is -2.57. The largest absolute Gasteiger partial charge is 0.383 e. The van der Waals surface area contributed by atoms with Crippen LogP contribution in [0.4, 0.5) is 5.69 Å². The first kappa shape index (κ1) is 12.9. The van der Waals surface area contributed by atoms with Crippen molar-refractivity contribution in [3.05, 3.63) is 46.4 Å². The Morgan fingerprint density at radius 3 is 2.95 bits per heavy atom. The van der Waals surface area contributed by atoms with Crippen molar-refractivity contribution >= 4 is 11.6 Å². The van der Waals surface area contributed by atoms with Crippen molar-refractivity contribution in [2.45, 2.75) is 6.92 Å². The summed E-state index contributed by atoms with van der Waals surface area (Å²) in [5.41, 5.74) is 1.86. The van der Waals surface area contributed by atoms with Gasteiger partial charge in [-0.3, -0.25) is 9.78 Å². The van der Waals surface area contributed by atoms with Gasteiger partial charge >= 0.3 is 5.69 Å². The molecule has 0 saturated heterocycles. The zero-order valence-corrected chi connectivity index (χ0v) is 10.5. The number of nitrogens with zero attached hydrogens (tertiary/aromatic N) is 1. The molecular formula is C12H15N5O2. The summed E-state index contributed by atoms with van der Waals surface area (Å²) in [5, 5.41) is 5.89. The third-order valence-electron chi connectivity index (χ3n) is 2.59. The summed E-state index contributed by atoms with van der Waals surface area (Å²) < 4.78 is 0. The van der Waals surface area contributed by atoms with Gasteiger partial charge in [0.2, 0.25) is 0 Å². The molecule has 0 atom stereocenters. The molecular weight excluding hydrogens is 246 g/mol. The topological polar surface area (TPSA) is 103 Å². The average Bonchev–Trinajstić information content (AvgIpc) is 2.83. The number of pyridine rings is 1. The van der Waals surface area contributed by atoms with E-state index in [1.165, 1.54) is 6.20 Å². The van der Waals surface area contributed by atoms with Crippen LogP contribution in [0.1, 0.15) is 16.1 Å². The van der Waals surface area contributed by atoms with Gasteiger partial charge in [-0.1, -0.05) is 0 Å². The smallest absolute Gasteiger partial charge is 0.323 e. The average molecular weight is 261 g/mol. The highest BCUT2D eigenvalue weighted by Crippen LogP contribution is 2.10. The molecule has 7 nitrogen and oxygen atoms in total. The van der Waals surface area contributed by atoms with Crippen molar-refractivity contribution < 1.29 is 4.79 Å². The molecule has 0 bridgehead atoms. The number of aromatic amines is 2. The van der Waals surface area contributed by atoms with Gasteiger partial charge in [-0.05, 0) is 18.6 Å². The number of aryl methyl sites for hydroxylation is 1. The fourth-order valence-corrected chi connectivity index (χ4v) is 1.59. The lowest BCUT2D eigenvalue weighted by Crippen LogP contribution is -2.29. The first-order valence-electron chi connectivity index (χ1n) is 5.87. The van der Waals surface area contributed by atoms with Gasteiger partial charge in [0.1, 0.15) is 5.69 Å². The molecule has 0 saturated carbocycles. The summed E-state index contributed by atoms with van der Waals surface area (Å²) in [5.74, 6) is -0.313. The number of carbonyl (C=O) groups is 1. The van der Waals surface area contributed by atoms with Crippen molar-refractivity contribution in [1.29, 1.82) is 0 Å². The predicted molar refractivity (Wildman–Crippen MR) is 71.2 cm³/mol. The molecule has 0 aliphatic rings. The molecule has 0 aromatic carbocycles. The highest BCUT2D eigenvalue weighted by Gasteiger charge is 2.06. The number of amides is 1. The van der Waals surface area contributed by atoms with Gasteiger partial charge in [0.05, 0.1) is 0 Å². The second kappa shape index (κ2) is 5.85. The zero-order valence-electron chi connectivity index (χ0n) is 10.5. The Balaban J connectivity index is 1.77. The maximum Gasteiger partial charge on any atom is 0.323 e. The van der Waals surface area contributed by atoms with Crippen LogP contribution in [0, 0.1) is 6.92 Å². The number of imidazole rings is 1. The molecule has 0 aliphatic heterocycles. The lowest BCUT2D eigenvalue weighted by Gasteiger charge is -2.09. The van der Waals surface area contributed by atoms with Crippen LogP contribution in [-0.2, 0) is 0 Å². The van der Waals surface area contributed by atoms with Crippen LogP contribution in [-0.4, -0.2) is 33.9 Å². The Bertz CT molecular complexity index is 616. The number of aromatic nitrogens is 3. The molecule has 0 unspecified atom stereocenters. The van der Waals surface area contributed by atoms with E-state index in [-0.39, 0.29) is 11.6 Å². The van der Waals surface area contributed by atoms with E-state index in [0.29, 0.717) is 13.1 Å². The van der Waals surface area contributed by atoms with Crippen molar-refractivity contribution in [2.24, 2.45) is 0 Å². The first-order valence-corrected chi connectivity index (χ1v) is 5.87. The molecule has 4 N–H and O–H groups in total. The summed E-state index contributed by atoms with van der Waals surface area (Å²) >= 11 is 0. The molecule has 2 aromatic heterocycles. The number of H-pyrrole nitrogens is 2. The number of rotatable bonds is 5. The standard InChI is InChI=1S/C12H15N5O2/c1-8-6-13-3-2-9(8)14-4-5-15-11(18)10-7-16-12(19)17-10/h2-3,6-7H,4-5H2,1H3,(H,13,14)(H,15,18)(H2,16,17,19). The third kappa shape index (κ3) is 3.44. The molecule has 2 aromatic rings. The second-order valence-corrected chi connectivity index (χ2v) is 4.03. The summed E-state index contributed by atoms with van der Waals surface area (Å²) in [7, 11) is 0. The fourth-order valence-electron chi connectivity index (χ4n) is 1.59. The second-order valence-electron chi connectivity index (χ2n) is 4.03. The summed E-state index contributed by atoms with van der Waals surface area (Å²) in [6.07, 6.45) is 4.82. The molecule has 0 fully saturated rings. The number of anilines is 1. The highest BCUT2D eigenvalue weighted by atomic mass is 16.2. The van der Waals surface area contributed by atoms with Gasteiger partial charge in [-0.25, -0.2) is 4.79 Å². The lowest BCUT2D eigenvalue weighted by atomic mass is 10.2.